The average Bonchev–Trinajstić information content (AvgIpc) is 2.43. The summed E-state index contributed by atoms with van der Waals surface area (Å²) in [7, 11) is 0. The smallest absolute Gasteiger partial charge is 0.0631 e. The van der Waals surface area contributed by atoms with E-state index in [1.165, 1.54) is 57.1 Å². The Morgan fingerprint density at radius 2 is 1.40 bits per heavy atom. The van der Waals surface area contributed by atoms with E-state index in [4.69, 9.17) is 0 Å². The van der Waals surface area contributed by atoms with Crippen molar-refractivity contribution in [3.8, 4) is 0 Å². The maximum Gasteiger partial charge on any atom is 0.0631 e. The number of para-hydroxylation sites is 1. The summed E-state index contributed by atoms with van der Waals surface area (Å²) in [6.07, 6.45) is 10.4. The Morgan fingerprint density at radius 1 is 0.900 bits per heavy atom. The minimum absolute atomic E-state index is 0.586. The second-order valence-electron chi connectivity index (χ2n) is 5.43. The maximum atomic E-state index is 3.74. The van der Waals surface area contributed by atoms with Crippen molar-refractivity contribution in [2.45, 2.75) is 71.3 Å². The van der Waals surface area contributed by atoms with Gasteiger partial charge in [0.2, 0.25) is 0 Å². The molecule has 0 aliphatic heterocycles. The summed E-state index contributed by atoms with van der Waals surface area (Å²) in [6, 6.07) is 6.84. The van der Waals surface area contributed by atoms with E-state index in [9.17, 15) is 0 Å². The molecule has 1 aromatic rings. The number of nitrogens with one attached hydrogen (secondary N) is 1. The molecule has 0 aliphatic carbocycles. The van der Waals surface area contributed by atoms with Crippen LogP contribution in [0, 0.1) is 0 Å². The van der Waals surface area contributed by atoms with Crippen LogP contribution in [0.2, 0.25) is 0 Å². The fourth-order valence-electron chi connectivity index (χ4n) is 2.41. The van der Waals surface area contributed by atoms with E-state index in [2.05, 4.69) is 69.2 Å². The molecule has 0 saturated heterocycles. The Hall–Kier alpha value is -0.0200. The van der Waals surface area contributed by atoms with E-state index in [1.54, 1.807) is 0 Å². The molecule has 0 aliphatic rings. The zero-order chi connectivity index (χ0) is 14.8. The van der Waals surface area contributed by atoms with Crippen LogP contribution in [0.1, 0.15) is 65.2 Å². The molecule has 0 heterocycles. The summed E-state index contributed by atoms with van der Waals surface area (Å²) in [5.41, 5.74) is 1.20. The quantitative estimate of drug-likeness (QED) is 0.408. The highest BCUT2D eigenvalue weighted by atomic mass is 79.9. The summed E-state index contributed by atoms with van der Waals surface area (Å²) in [5, 5.41) is 3.74. The van der Waals surface area contributed by atoms with E-state index in [1.807, 2.05) is 0 Å². The molecule has 0 unspecified atom stereocenters. The van der Waals surface area contributed by atoms with Gasteiger partial charge in [-0.2, -0.15) is 0 Å². The highest BCUT2D eigenvalue weighted by Crippen LogP contribution is 2.32. The molecule has 0 aromatic heterocycles. The van der Waals surface area contributed by atoms with Gasteiger partial charge in [-0.1, -0.05) is 58.4 Å². The van der Waals surface area contributed by atoms with Gasteiger partial charge in [-0.15, -0.1) is 0 Å². The predicted molar refractivity (Wildman–Crippen MR) is 97.5 cm³/mol. The topological polar surface area (TPSA) is 12.0 Å². The fraction of sp³-hybridized carbons (Fsp3) is 0.647. The van der Waals surface area contributed by atoms with Gasteiger partial charge in [0.25, 0.3) is 0 Å². The lowest BCUT2D eigenvalue weighted by molar-refractivity contribution is 0.526. The van der Waals surface area contributed by atoms with Gasteiger partial charge in [0.15, 0.2) is 0 Å². The minimum Gasteiger partial charge on any atom is -0.380 e. The van der Waals surface area contributed by atoms with Crippen LogP contribution in [-0.4, -0.2) is 6.04 Å². The minimum atomic E-state index is 0.586. The van der Waals surface area contributed by atoms with Crippen LogP contribution >= 0.6 is 31.9 Å². The van der Waals surface area contributed by atoms with Gasteiger partial charge in [-0.3, -0.25) is 0 Å². The molecule has 0 bridgehead atoms. The number of rotatable bonds is 10. The summed E-state index contributed by atoms with van der Waals surface area (Å²) in [4.78, 5) is 0. The molecule has 0 fully saturated rings. The van der Waals surface area contributed by atoms with Crippen LogP contribution in [-0.2, 0) is 0 Å². The standard InChI is InChI=1S/C17H27Br2N/c1-3-5-7-10-14(11-8-6-4-2)20-17-15(18)12-9-13-16(17)19/h9,12-14,20H,3-8,10-11H2,1-2H3. The molecule has 0 radical (unpaired) electrons. The molecule has 1 nitrogen and oxygen atoms in total. The van der Waals surface area contributed by atoms with Gasteiger partial charge >= 0.3 is 0 Å². The van der Waals surface area contributed by atoms with E-state index in [0.29, 0.717) is 6.04 Å². The Balaban J connectivity index is 2.61. The normalized spacial score (nSPS) is 11.1. The first-order valence-electron chi connectivity index (χ1n) is 7.89. The molecular formula is C17H27Br2N. The number of hydrogen-bond acceptors (Lipinski definition) is 1. The fourth-order valence-corrected chi connectivity index (χ4v) is 3.64. The third kappa shape index (κ3) is 6.62. The van der Waals surface area contributed by atoms with Crippen molar-refractivity contribution >= 4 is 37.5 Å². The van der Waals surface area contributed by atoms with E-state index >= 15 is 0 Å². The molecule has 1 aromatic carbocycles. The van der Waals surface area contributed by atoms with Gasteiger partial charge < -0.3 is 5.32 Å². The third-order valence-corrected chi connectivity index (χ3v) is 4.95. The summed E-state index contributed by atoms with van der Waals surface area (Å²) < 4.78 is 2.28. The second-order valence-corrected chi connectivity index (χ2v) is 7.14. The van der Waals surface area contributed by atoms with Crippen LogP contribution in [0.25, 0.3) is 0 Å². The largest absolute Gasteiger partial charge is 0.380 e. The summed E-state index contributed by atoms with van der Waals surface area (Å²) in [5.74, 6) is 0. The zero-order valence-electron chi connectivity index (χ0n) is 12.7. The van der Waals surface area contributed by atoms with Gasteiger partial charge in [-0.05, 0) is 56.8 Å². The lowest BCUT2D eigenvalue weighted by Crippen LogP contribution is -2.20. The predicted octanol–water partition coefficient (Wildman–Crippen LogP) is 7.15. The van der Waals surface area contributed by atoms with Crippen LogP contribution in [0.5, 0.6) is 0 Å². The molecule has 1 rings (SSSR count). The Kier molecular flexibility index (Phi) is 9.62. The van der Waals surface area contributed by atoms with Crippen LogP contribution < -0.4 is 5.32 Å². The lowest BCUT2D eigenvalue weighted by Gasteiger charge is -2.22. The number of benzene rings is 1. The van der Waals surface area contributed by atoms with Crippen LogP contribution in [0.3, 0.4) is 0 Å². The van der Waals surface area contributed by atoms with Crippen molar-refractivity contribution in [1.29, 1.82) is 0 Å². The van der Waals surface area contributed by atoms with Gasteiger partial charge in [0.1, 0.15) is 0 Å². The van der Waals surface area contributed by atoms with E-state index in [-0.39, 0.29) is 0 Å². The highest BCUT2D eigenvalue weighted by Gasteiger charge is 2.12. The first-order valence-corrected chi connectivity index (χ1v) is 9.48. The number of hydrogen-bond donors (Lipinski definition) is 1. The molecule has 0 atom stereocenters. The Bertz CT molecular complexity index is 349. The third-order valence-electron chi connectivity index (χ3n) is 3.62. The Labute approximate surface area is 141 Å². The van der Waals surface area contributed by atoms with Crippen molar-refractivity contribution in [2.24, 2.45) is 0 Å². The Morgan fingerprint density at radius 3 is 1.85 bits per heavy atom. The number of anilines is 1. The molecule has 1 N–H and O–H groups in total. The van der Waals surface area contributed by atoms with Crippen molar-refractivity contribution in [3.05, 3.63) is 27.1 Å². The molecular weight excluding hydrogens is 378 g/mol. The molecule has 0 amide bonds. The SMILES string of the molecule is CCCCCC(CCCCC)Nc1c(Br)cccc1Br. The van der Waals surface area contributed by atoms with Gasteiger partial charge in [0.05, 0.1) is 5.69 Å². The molecule has 0 spiro atoms. The first kappa shape index (κ1) is 18.0. The van der Waals surface area contributed by atoms with Crippen molar-refractivity contribution in [3.63, 3.8) is 0 Å². The zero-order valence-corrected chi connectivity index (χ0v) is 15.9. The summed E-state index contributed by atoms with van der Waals surface area (Å²) in [6.45, 7) is 4.54. The molecule has 114 valence electrons. The number of unbranched alkanes of at least 4 members (excludes halogenated alkanes) is 4. The van der Waals surface area contributed by atoms with E-state index in [0.717, 1.165) is 8.95 Å². The maximum absolute atomic E-state index is 3.74. The van der Waals surface area contributed by atoms with Crippen LogP contribution in [0.4, 0.5) is 5.69 Å². The molecule has 20 heavy (non-hydrogen) atoms. The van der Waals surface area contributed by atoms with Crippen LogP contribution in [0.15, 0.2) is 27.1 Å². The second kappa shape index (κ2) is 10.7. The molecule has 0 saturated carbocycles. The molecule has 3 heteroatoms. The average molecular weight is 405 g/mol. The highest BCUT2D eigenvalue weighted by molar-refractivity contribution is 9.11. The van der Waals surface area contributed by atoms with E-state index < -0.39 is 0 Å². The van der Waals surface area contributed by atoms with Crippen molar-refractivity contribution < 1.29 is 0 Å². The van der Waals surface area contributed by atoms with Gasteiger partial charge in [0, 0.05) is 15.0 Å². The summed E-state index contributed by atoms with van der Waals surface area (Å²) >= 11 is 7.29. The van der Waals surface area contributed by atoms with Crippen molar-refractivity contribution in [2.75, 3.05) is 5.32 Å². The van der Waals surface area contributed by atoms with Gasteiger partial charge in [-0.25, -0.2) is 0 Å². The number of halogens is 2. The van der Waals surface area contributed by atoms with Crippen molar-refractivity contribution in [1.82, 2.24) is 0 Å². The monoisotopic (exact) mass is 403 g/mol. The first-order chi connectivity index (χ1) is 9.69. The lowest BCUT2D eigenvalue weighted by atomic mass is 10.0.